The molecule has 0 aliphatic carbocycles. The van der Waals surface area contributed by atoms with E-state index in [2.05, 4.69) is 20.4 Å². The molecule has 3 rings (SSSR count). The maximum Gasteiger partial charge on any atom is 0.407 e. The SMILES string of the molecule is COC(=O)NC(Cc1ccccc1)C(=O)OC(Cc1ccc(NCS(=O)O)cc1)c1nccs1. The van der Waals surface area contributed by atoms with Crippen LogP contribution in [0, 0.1) is 0 Å². The van der Waals surface area contributed by atoms with Crippen LogP contribution in [0.3, 0.4) is 0 Å². The van der Waals surface area contributed by atoms with E-state index in [1.165, 1.54) is 18.4 Å². The number of alkyl carbamates (subject to hydrolysis) is 1. The normalized spacial score (nSPS) is 13.4. The topological polar surface area (TPSA) is 127 Å². The van der Waals surface area contributed by atoms with Crippen LogP contribution >= 0.6 is 11.3 Å². The van der Waals surface area contributed by atoms with Crippen LogP contribution in [0.2, 0.25) is 0 Å². The van der Waals surface area contributed by atoms with E-state index in [-0.39, 0.29) is 12.3 Å². The lowest BCUT2D eigenvalue weighted by molar-refractivity contribution is -0.151. The van der Waals surface area contributed by atoms with Crippen molar-refractivity contribution in [3.05, 3.63) is 82.3 Å². The van der Waals surface area contributed by atoms with Gasteiger partial charge in [-0.2, -0.15) is 0 Å². The summed E-state index contributed by atoms with van der Waals surface area (Å²) in [5.74, 6) is -0.674. The Morgan fingerprint density at radius 1 is 1.09 bits per heavy atom. The van der Waals surface area contributed by atoms with Crippen molar-refractivity contribution in [1.29, 1.82) is 0 Å². The molecule has 0 fully saturated rings. The van der Waals surface area contributed by atoms with Gasteiger partial charge in [-0.1, -0.05) is 42.5 Å². The van der Waals surface area contributed by atoms with Crippen molar-refractivity contribution >= 4 is 40.2 Å². The summed E-state index contributed by atoms with van der Waals surface area (Å²) in [6.45, 7) is 0. The first-order chi connectivity index (χ1) is 16.4. The Labute approximate surface area is 203 Å². The molecule has 0 aliphatic rings. The van der Waals surface area contributed by atoms with E-state index in [1.807, 2.05) is 42.5 Å². The third-order valence-electron chi connectivity index (χ3n) is 4.80. The molecule has 0 radical (unpaired) electrons. The van der Waals surface area contributed by atoms with Gasteiger partial charge < -0.3 is 24.7 Å². The van der Waals surface area contributed by atoms with E-state index in [0.717, 1.165) is 11.1 Å². The summed E-state index contributed by atoms with van der Waals surface area (Å²) in [6, 6.07) is 15.6. The molecule has 180 valence electrons. The Kier molecular flexibility index (Phi) is 9.56. The van der Waals surface area contributed by atoms with Gasteiger partial charge in [0, 0.05) is 30.1 Å². The fourth-order valence-electron chi connectivity index (χ4n) is 3.16. The zero-order valence-electron chi connectivity index (χ0n) is 18.4. The Morgan fingerprint density at radius 3 is 2.41 bits per heavy atom. The molecule has 0 aliphatic heterocycles. The highest BCUT2D eigenvalue weighted by atomic mass is 32.2. The minimum atomic E-state index is -1.95. The van der Waals surface area contributed by atoms with Crippen LogP contribution in [0.15, 0.2) is 66.2 Å². The zero-order valence-corrected chi connectivity index (χ0v) is 20.0. The standard InChI is InChI=1S/C23H25N3O6S2/c1-31-23(28)26-19(13-16-5-3-2-4-6-16)22(27)32-20(21-24-11-12-33-21)14-17-7-9-18(10-8-17)25-15-34(29)30/h2-12,19-20,25H,13-15H2,1H3,(H,26,28)(H,29,30). The zero-order chi connectivity index (χ0) is 24.3. The van der Waals surface area contributed by atoms with Gasteiger partial charge in [-0.3, -0.25) is 0 Å². The smallest absolute Gasteiger partial charge is 0.407 e. The minimum Gasteiger partial charge on any atom is -0.453 e. The summed E-state index contributed by atoms with van der Waals surface area (Å²) in [6.07, 6.45) is 0.856. The molecule has 3 atom stereocenters. The molecule has 11 heteroatoms. The second kappa shape index (κ2) is 12.8. The van der Waals surface area contributed by atoms with Crippen LogP contribution in [-0.4, -0.2) is 44.8 Å². The number of hydrogen-bond donors (Lipinski definition) is 3. The number of nitrogens with zero attached hydrogens (tertiary/aromatic N) is 1. The molecule has 3 aromatic rings. The first kappa shape index (κ1) is 25.3. The summed E-state index contributed by atoms with van der Waals surface area (Å²) >= 11 is -0.580. The first-order valence-electron chi connectivity index (χ1n) is 10.3. The lowest BCUT2D eigenvalue weighted by Crippen LogP contribution is -2.43. The largest absolute Gasteiger partial charge is 0.453 e. The summed E-state index contributed by atoms with van der Waals surface area (Å²) in [5, 5.41) is 7.83. The molecule has 1 amide bonds. The van der Waals surface area contributed by atoms with Gasteiger partial charge in [-0.05, 0) is 23.3 Å². The number of esters is 1. The van der Waals surface area contributed by atoms with Crippen molar-refractivity contribution in [2.75, 3.05) is 18.3 Å². The number of benzene rings is 2. The Morgan fingerprint density at radius 2 is 1.79 bits per heavy atom. The van der Waals surface area contributed by atoms with Crippen molar-refractivity contribution in [3.63, 3.8) is 0 Å². The lowest BCUT2D eigenvalue weighted by atomic mass is 10.1. The predicted octanol–water partition coefficient (Wildman–Crippen LogP) is 3.53. The van der Waals surface area contributed by atoms with Crippen molar-refractivity contribution in [2.45, 2.75) is 25.0 Å². The number of anilines is 1. The highest BCUT2D eigenvalue weighted by Gasteiger charge is 2.28. The van der Waals surface area contributed by atoms with Crippen molar-refractivity contribution in [1.82, 2.24) is 10.3 Å². The molecule has 1 heterocycles. The van der Waals surface area contributed by atoms with Crippen LogP contribution < -0.4 is 10.6 Å². The lowest BCUT2D eigenvalue weighted by Gasteiger charge is -2.21. The van der Waals surface area contributed by atoms with Crippen LogP contribution in [0.1, 0.15) is 22.2 Å². The molecule has 0 bridgehead atoms. The van der Waals surface area contributed by atoms with Gasteiger partial charge in [0.25, 0.3) is 0 Å². The van der Waals surface area contributed by atoms with Crippen molar-refractivity contribution < 1.29 is 27.8 Å². The van der Waals surface area contributed by atoms with Crippen LogP contribution in [0.5, 0.6) is 0 Å². The summed E-state index contributed by atoms with van der Waals surface area (Å²) in [5.41, 5.74) is 2.43. The van der Waals surface area contributed by atoms with Crippen LogP contribution in [0.4, 0.5) is 10.5 Å². The molecule has 2 aromatic carbocycles. The number of carbonyl (C=O) groups excluding carboxylic acids is 2. The van der Waals surface area contributed by atoms with Gasteiger partial charge in [0.15, 0.2) is 17.2 Å². The van der Waals surface area contributed by atoms with Crippen LogP contribution in [-0.2, 0) is 38.2 Å². The van der Waals surface area contributed by atoms with Gasteiger partial charge in [-0.25, -0.2) is 18.8 Å². The third kappa shape index (κ3) is 7.94. The van der Waals surface area contributed by atoms with Gasteiger partial charge >= 0.3 is 12.1 Å². The fraction of sp³-hybridized carbons (Fsp3) is 0.261. The quantitative estimate of drug-likeness (QED) is 0.268. The average Bonchev–Trinajstić information content (AvgIpc) is 3.38. The number of carbonyl (C=O) groups is 2. The number of nitrogens with one attached hydrogen (secondary N) is 2. The second-order valence-corrected chi connectivity index (χ2v) is 9.08. The van der Waals surface area contributed by atoms with Gasteiger partial charge in [0.1, 0.15) is 16.9 Å². The Bertz CT molecular complexity index is 1080. The third-order valence-corrected chi connectivity index (χ3v) is 6.06. The summed E-state index contributed by atoms with van der Waals surface area (Å²) in [7, 11) is 1.23. The average molecular weight is 504 g/mol. The number of amides is 1. The monoisotopic (exact) mass is 503 g/mol. The molecule has 1 aromatic heterocycles. The maximum absolute atomic E-state index is 13.1. The maximum atomic E-state index is 13.1. The van der Waals surface area contributed by atoms with Crippen molar-refractivity contribution in [2.24, 2.45) is 0 Å². The van der Waals surface area contributed by atoms with E-state index in [4.69, 9.17) is 9.29 Å². The van der Waals surface area contributed by atoms with E-state index < -0.39 is 35.3 Å². The Hall–Kier alpha value is -3.28. The fourth-order valence-corrected chi connectivity index (χ4v) is 4.11. The number of aromatic nitrogens is 1. The molecule has 3 unspecified atom stereocenters. The molecular weight excluding hydrogens is 478 g/mol. The molecule has 3 N–H and O–H groups in total. The number of ether oxygens (including phenoxy) is 2. The van der Waals surface area contributed by atoms with E-state index >= 15 is 0 Å². The molecule has 34 heavy (non-hydrogen) atoms. The Balaban J connectivity index is 1.74. The van der Waals surface area contributed by atoms with Gasteiger partial charge in [0.2, 0.25) is 0 Å². The molecule has 9 nitrogen and oxygen atoms in total. The van der Waals surface area contributed by atoms with E-state index in [0.29, 0.717) is 17.1 Å². The summed E-state index contributed by atoms with van der Waals surface area (Å²) in [4.78, 5) is 29.3. The molecular formula is C23H25N3O6S2. The number of hydrogen-bond acceptors (Lipinski definition) is 8. The molecule has 0 spiro atoms. The number of rotatable bonds is 11. The molecule has 0 saturated heterocycles. The molecule has 0 saturated carbocycles. The number of thiazole rings is 1. The van der Waals surface area contributed by atoms with E-state index in [9.17, 15) is 13.8 Å². The van der Waals surface area contributed by atoms with Gasteiger partial charge in [0.05, 0.1) is 7.11 Å². The van der Waals surface area contributed by atoms with Gasteiger partial charge in [-0.15, -0.1) is 11.3 Å². The second-order valence-electron chi connectivity index (χ2n) is 7.22. The van der Waals surface area contributed by atoms with Crippen molar-refractivity contribution in [3.8, 4) is 0 Å². The minimum absolute atomic E-state index is 0.0747. The number of methoxy groups -OCH3 is 1. The first-order valence-corrected chi connectivity index (χ1v) is 12.5. The van der Waals surface area contributed by atoms with E-state index in [1.54, 1.807) is 23.7 Å². The predicted molar refractivity (Wildman–Crippen MR) is 130 cm³/mol. The summed E-state index contributed by atoms with van der Waals surface area (Å²) < 4.78 is 30.3. The van der Waals surface area contributed by atoms with Crippen LogP contribution in [0.25, 0.3) is 0 Å². The highest BCUT2D eigenvalue weighted by molar-refractivity contribution is 7.79. The highest BCUT2D eigenvalue weighted by Crippen LogP contribution is 2.26.